The molecule has 7 nitrogen and oxygen atoms in total. The zero-order valence-electron chi connectivity index (χ0n) is 15.2. The second-order valence-electron chi connectivity index (χ2n) is 6.87. The number of pyridine rings is 1. The first-order valence-electron chi connectivity index (χ1n) is 8.58. The van der Waals surface area contributed by atoms with Gasteiger partial charge < -0.3 is 10.6 Å². The van der Waals surface area contributed by atoms with E-state index in [1.165, 1.54) is 18.5 Å². The number of rotatable bonds is 4. The Bertz CT molecular complexity index is 982. The van der Waals surface area contributed by atoms with Gasteiger partial charge in [0.15, 0.2) is 9.84 Å². The summed E-state index contributed by atoms with van der Waals surface area (Å²) in [5.74, 6) is -0.788. The van der Waals surface area contributed by atoms with E-state index in [-0.39, 0.29) is 28.5 Å². The predicted octanol–water partition coefficient (Wildman–Crippen LogP) is 1.87. The maximum atomic E-state index is 12.5. The first kappa shape index (κ1) is 19.0. The molecule has 1 atom stereocenters. The number of carbonyl (C=O) groups excluding carboxylic acids is 2. The van der Waals surface area contributed by atoms with Gasteiger partial charge in [-0.2, -0.15) is 0 Å². The van der Waals surface area contributed by atoms with Crippen LogP contribution in [0.25, 0.3) is 0 Å². The number of amides is 2. The number of hydrogen-bond donors (Lipinski definition) is 2. The third-order valence-electron chi connectivity index (χ3n) is 4.31. The highest BCUT2D eigenvalue weighted by atomic mass is 32.2. The van der Waals surface area contributed by atoms with Gasteiger partial charge in [0.1, 0.15) is 0 Å². The zero-order chi connectivity index (χ0) is 19.6. The summed E-state index contributed by atoms with van der Waals surface area (Å²) in [4.78, 5) is 28.8. The van der Waals surface area contributed by atoms with Crippen LogP contribution in [0, 0.1) is 13.8 Å². The molecule has 0 radical (unpaired) electrons. The molecule has 3 rings (SSSR count). The minimum absolute atomic E-state index is 0.0565. The fourth-order valence-corrected chi connectivity index (χ4v) is 4.79. The molecule has 8 heteroatoms. The summed E-state index contributed by atoms with van der Waals surface area (Å²) >= 11 is 0. The van der Waals surface area contributed by atoms with E-state index in [2.05, 4.69) is 15.6 Å². The average Bonchev–Trinajstić information content (AvgIpc) is 2.92. The summed E-state index contributed by atoms with van der Waals surface area (Å²) < 4.78 is 23.0. The third kappa shape index (κ3) is 4.91. The highest BCUT2D eigenvalue weighted by Crippen LogP contribution is 2.16. The van der Waals surface area contributed by atoms with Crippen LogP contribution in [0.2, 0.25) is 0 Å². The van der Waals surface area contributed by atoms with E-state index in [0.717, 1.165) is 11.1 Å². The van der Waals surface area contributed by atoms with Gasteiger partial charge in [-0.1, -0.05) is 6.07 Å². The molecule has 1 saturated heterocycles. The second-order valence-corrected chi connectivity index (χ2v) is 9.09. The Morgan fingerprint density at radius 2 is 1.63 bits per heavy atom. The van der Waals surface area contributed by atoms with Gasteiger partial charge in [0.25, 0.3) is 11.8 Å². The molecule has 1 unspecified atom stereocenters. The number of nitrogens with zero attached hydrogens (tertiary/aromatic N) is 1. The van der Waals surface area contributed by atoms with Crippen LogP contribution in [0.3, 0.4) is 0 Å². The van der Waals surface area contributed by atoms with Gasteiger partial charge in [-0.25, -0.2) is 8.42 Å². The van der Waals surface area contributed by atoms with Crippen molar-refractivity contribution in [1.82, 2.24) is 10.3 Å². The second kappa shape index (κ2) is 7.48. The van der Waals surface area contributed by atoms with E-state index in [1.807, 2.05) is 32.0 Å². The average molecular weight is 387 g/mol. The van der Waals surface area contributed by atoms with Crippen molar-refractivity contribution < 1.29 is 18.0 Å². The molecule has 142 valence electrons. The summed E-state index contributed by atoms with van der Waals surface area (Å²) in [6, 6.07) is 6.76. The van der Waals surface area contributed by atoms with Crippen LogP contribution in [-0.4, -0.2) is 42.8 Å². The molecule has 2 heterocycles. The first-order chi connectivity index (χ1) is 12.7. The number of anilines is 1. The Morgan fingerprint density at radius 1 is 1.00 bits per heavy atom. The molecule has 2 amide bonds. The van der Waals surface area contributed by atoms with Gasteiger partial charge in [-0.05, 0) is 49.6 Å². The number of nitrogens with one attached hydrogen (secondary N) is 2. The maximum absolute atomic E-state index is 12.5. The quantitative estimate of drug-likeness (QED) is 0.833. The highest BCUT2D eigenvalue weighted by Gasteiger charge is 2.29. The predicted molar refractivity (Wildman–Crippen MR) is 103 cm³/mol. The van der Waals surface area contributed by atoms with Crippen molar-refractivity contribution >= 4 is 27.3 Å². The van der Waals surface area contributed by atoms with Crippen LogP contribution in [0.4, 0.5) is 5.69 Å². The number of sulfone groups is 1. The summed E-state index contributed by atoms with van der Waals surface area (Å²) in [6.45, 7) is 3.89. The lowest BCUT2D eigenvalue weighted by Gasteiger charge is -2.11. The SMILES string of the molecule is Cc1cc(C)cc(NC(=O)c2cncc(C(=O)NC3CCS(=O)(=O)C3)c2)c1. The lowest BCUT2D eigenvalue weighted by atomic mass is 10.1. The molecule has 2 N–H and O–H groups in total. The number of hydrogen-bond acceptors (Lipinski definition) is 5. The van der Waals surface area contributed by atoms with Crippen LogP contribution < -0.4 is 10.6 Å². The van der Waals surface area contributed by atoms with Crippen molar-refractivity contribution in [1.29, 1.82) is 0 Å². The zero-order valence-corrected chi connectivity index (χ0v) is 16.0. The fourth-order valence-electron chi connectivity index (χ4n) is 3.12. The summed E-state index contributed by atoms with van der Waals surface area (Å²) in [5, 5.41) is 5.49. The van der Waals surface area contributed by atoms with Crippen LogP contribution in [0.5, 0.6) is 0 Å². The lowest BCUT2D eigenvalue weighted by Crippen LogP contribution is -2.35. The van der Waals surface area contributed by atoms with Crippen molar-refractivity contribution in [3.63, 3.8) is 0 Å². The van der Waals surface area contributed by atoms with E-state index in [1.54, 1.807) is 0 Å². The molecule has 0 aliphatic carbocycles. The normalized spacial score (nSPS) is 18.1. The largest absolute Gasteiger partial charge is 0.348 e. The molecular formula is C19H21N3O4S. The van der Waals surface area contributed by atoms with Gasteiger partial charge in [0.05, 0.1) is 22.6 Å². The fraction of sp³-hybridized carbons (Fsp3) is 0.316. The molecule has 0 spiro atoms. The Kier molecular flexibility index (Phi) is 5.27. The topological polar surface area (TPSA) is 105 Å². The van der Waals surface area contributed by atoms with E-state index >= 15 is 0 Å². The van der Waals surface area contributed by atoms with Crippen LogP contribution >= 0.6 is 0 Å². The molecule has 1 fully saturated rings. The molecular weight excluding hydrogens is 366 g/mol. The van der Waals surface area contributed by atoms with Gasteiger partial charge in [-0.15, -0.1) is 0 Å². The first-order valence-corrected chi connectivity index (χ1v) is 10.4. The monoisotopic (exact) mass is 387 g/mol. The molecule has 27 heavy (non-hydrogen) atoms. The van der Waals surface area contributed by atoms with Gasteiger partial charge in [0.2, 0.25) is 0 Å². The third-order valence-corrected chi connectivity index (χ3v) is 6.08. The van der Waals surface area contributed by atoms with Crippen LogP contribution in [0.1, 0.15) is 38.3 Å². The van der Waals surface area contributed by atoms with Crippen molar-refractivity contribution in [3.05, 3.63) is 58.9 Å². The van der Waals surface area contributed by atoms with E-state index in [0.29, 0.717) is 12.1 Å². The number of aromatic nitrogens is 1. The number of aryl methyl sites for hydroxylation is 2. The number of benzene rings is 1. The standard InChI is InChI=1S/C19H21N3O4S/c1-12-5-13(2)7-17(6-12)22-19(24)15-8-14(9-20-10-15)18(23)21-16-3-4-27(25,26)11-16/h5-10,16H,3-4,11H2,1-2H3,(H,21,23)(H,22,24). The Balaban J connectivity index is 1.71. The molecule has 1 aliphatic heterocycles. The van der Waals surface area contributed by atoms with Gasteiger partial charge in [-0.3, -0.25) is 14.6 Å². The summed E-state index contributed by atoms with van der Waals surface area (Å²) in [6.07, 6.45) is 3.13. The Hall–Kier alpha value is -2.74. The molecule has 2 aromatic rings. The molecule has 1 aromatic heterocycles. The van der Waals surface area contributed by atoms with Crippen molar-refractivity contribution in [2.24, 2.45) is 0 Å². The van der Waals surface area contributed by atoms with E-state index < -0.39 is 21.8 Å². The number of carbonyl (C=O) groups is 2. The van der Waals surface area contributed by atoms with E-state index in [9.17, 15) is 18.0 Å². The van der Waals surface area contributed by atoms with Crippen molar-refractivity contribution in [2.45, 2.75) is 26.3 Å². The van der Waals surface area contributed by atoms with Crippen molar-refractivity contribution in [2.75, 3.05) is 16.8 Å². The Labute approximate surface area is 158 Å². The summed E-state index contributed by atoms with van der Waals surface area (Å²) in [7, 11) is -3.08. The van der Waals surface area contributed by atoms with Gasteiger partial charge in [0, 0.05) is 24.1 Å². The Morgan fingerprint density at radius 3 is 2.22 bits per heavy atom. The lowest BCUT2D eigenvalue weighted by molar-refractivity contribution is 0.0940. The maximum Gasteiger partial charge on any atom is 0.257 e. The molecule has 0 bridgehead atoms. The van der Waals surface area contributed by atoms with E-state index in [4.69, 9.17) is 0 Å². The van der Waals surface area contributed by atoms with Crippen LogP contribution in [-0.2, 0) is 9.84 Å². The molecule has 0 saturated carbocycles. The van der Waals surface area contributed by atoms with Crippen molar-refractivity contribution in [3.8, 4) is 0 Å². The molecule has 1 aromatic carbocycles. The smallest absolute Gasteiger partial charge is 0.257 e. The van der Waals surface area contributed by atoms with Crippen LogP contribution in [0.15, 0.2) is 36.7 Å². The minimum Gasteiger partial charge on any atom is -0.348 e. The highest BCUT2D eigenvalue weighted by molar-refractivity contribution is 7.91. The summed E-state index contributed by atoms with van der Waals surface area (Å²) in [5.41, 5.74) is 3.20. The molecule has 1 aliphatic rings. The minimum atomic E-state index is -3.08. The van der Waals surface area contributed by atoms with Gasteiger partial charge >= 0.3 is 0 Å².